The third kappa shape index (κ3) is 3.85. The fourth-order valence-corrected chi connectivity index (χ4v) is 5.11. The highest BCUT2D eigenvalue weighted by molar-refractivity contribution is 5.85. The van der Waals surface area contributed by atoms with Gasteiger partial charge < -0.3 is 24.3 Å². The molecule has 0 aliphatic carbocycles. The van der Waals surface area contributed by atoms with Crippen molar-refractivity contribution in [3.8, 4) is 23.0 Å². The second-order valence-corrected chi connectivity index (χ2v) is 9.00. The minimum Gasteiger partial charge on any atom is -0.497 e. The normalized spacial score (nSPS) is 17.6. The van der Waals surface area contributed by atoms with Crippen molar-refractivity contribution in [1.29, 1.82) is 0 Å². The Labute approximate surface area is 215 Å². The predicted molar refractivity (Wildman–Crippen MR) is 140 cm³/mol. The number of hydrogen-bond donors (Lipinski definition) is 1. The van der Waals surface area contributed by atoms with E-state index in [2.05, 4.69) is 40.5 Å². The summed E-state index contributed by atoms with van der Waals surface area (Å²) in [5.41, 5.74) is 6.08. The lowest BCUT2D eigenvalue weighted by Gasteiger charge is -2.39. The van der Waals surface area contributed by atoms with Crippen LogP contribution in [0.25, 0.3) is 5.70 Å². The summed E-state index contributed by atoms with van der Waals surface area (Å²) in [6, 6.07) is 19.9. The standard InChI is InChI=1S/C29H28N4O4/c1-5-36-23-12-10-18(15-24(23)35-4)27-25-26(32-29-30-16-31-33(27)29)21-13-17(2)9-11-22(21)37-28(25)19-7-6-8-20(14-19)34-3/h6-16,27-28H,5H2,1-4H3,(H,30,31,32)/t27-,28-/m0/s1. The van der Waals surface area contributed by atoms with E-state index in [-0.39, 0.29) is 6.04 Å². The fraction of sp³-hybridized carbons (Fsp3) is 0.241. The van der Waals surface area contributed by atoms with Crippen LogP contribution in [0.1, 0.15) is 41.3 Å². The molecule has 0 radical (unpaired) electrons. The summed E-state index contributed by atoms with van der Waals surface area (Å²) in [4.78, 5) is 4.52. The lowest BCUT2D eigenvalue weighted by Crippen LogP contribution is -2.32. The summed E-state index contributed by atoms with van der Waals surface area (Å²) in [7, 11) is 3.32. The minimum absolute atomic E-state index is 0.303. The number of nitrogens with one attached hydrogen (secondary N) is 1. The maximum atomic E-state index is 6.73. The Balaban J connectivity index is 1.60. The predicted octanol–water partition coefficient (Wildman–Crippen LogP) is 5.56. The highest BCUT2D eigenvalue weighted by Gasteiger charge is 2.41. The number of rotatable bonds is 6. The Morgan fingerprint density at radius 1 is 0.973 bits per heavy atom. The van der Waals surface area contributed by atoms with Crippen molar-refractivity contribution < 1.29 is 18.9 Å². The van der Waals surface area contributed by atoms with Crippen molar-refractivity contribution in [2.24, 2.45) is 0 Å². The molecule has 37 heavy (non-hydrogen) atoms. The van der Waals surface area contributed by atoms with Gasteiger partial charge in [-0.3, -0.25) is 0 Å². The molecule has 0 fully saturated rings. The van der Waals surface area contributed by atoms with E-state index in [9.17, 15) is 0 Å². The van der Waals surface area contributed by atoms with Crippen LogP contribution in [0.3, 0.4) is 0 Å². The number of ether oxygens (including phenoxy) is 4. The van der Waals surface area contributed by atoms with Gasteiger partial charge in [0, 0.05) is 16.7 Å². The first-order chi connectivity index (χ1) is 18.1. The lowest BCUT2D eigenvalue weighted by molar-refractivity contribution is 0.222. The fourth-order valence-electron chi connectivity index (χ4n) is 5.11. The molecule has 3 aromatic carbocycles. The number of benzene rings is 3. The van der Waals surface area contributed by atoms with Gasteiger partial charge in [-0.15, -0.1) is 0 Å². The first kappa shape index (κ1) is 23.0. The molecule has 0 unspecified atom stereocenters. The number of hydrogen-bond acceptors (Lipinski definition) is 7. The van der Waals surface area contributed by atoms with Gasteiger partial charge in [0.05, 0.1) is 26.5 Å². The summed E-state index contributed by atoms with van der Waals surface area (Å²) < 4.78 is 25.7. The molecule has 0 bridgehead atoms. The minimum atomic E-state index is -0.396. The zero-order chi connectivity index (χ0) is 25.5. The van der Waals surface area contributed by atoms with Crippen LogP contribution in [0.2, 0.25) is 0 Å². The second-order valence-electron chi connectivity index (χ2n) is 9.00. The lowest BCUT2D eigenvalue weighted by atomic mass is 9.84. The Kier molecular flexibility index (Phi) is 5.71. The van der Waals surface area contributed by atoms with Crippen molar-refractivity contribution >= 4 is 11.6 Å². The molecule has 2 aliphatic rings. The summed E-state index contributed by atoms with van der Waals surface area (Å²) in [6.45, 7) is 4.58. The van der Waals surface area contributed by atoms with Crippen molar-refractivity contribution in [3.05, 3.63) is 94.8 Å². The molecule has 1 aromatic heterocycles. The van der Waals surface area contributed by atoms with E-state index in [1.165, 1.54) is 0 Å². The molecule has 2 aliphatic heterocycles. The van der Waals surface area contributed by atoms with Crippen LogP contribution in [0.15, 0.2) is 72.6 Å². The number of fused-ring (bicyclic) bond motifs is 3. The molecule has 2 atom stereocenters. The average Bonchev–Trinajstić information content (AvgIpc) is 3.40. The number of anilines is 1. The Morgan fingerprint density at radius 2 is 1.86 bits per heavy atom. The van der Waals surface area contributed by atoms with Gasteiger partial charge in [-0.25, -0.2) is 4.68 Å². The quantitative estimate of drug-likeness (QED) is 0.374. The van der Waals surface area contributed by atoms with Gasteiger partial charge in [0.25, 0.3) is 0 Å². The third-order valence-electron chi connectivity index (χ3n) is 6.77. The van der Waals surface area contributed by atoms with Crippen molar-refractivity contribution in [3.63, 3.8) is 0 Å². The molecule has 1 N–H and O–H groups in total. The average molecular weight is 497 g/mol. The molecule has 0 spiro atoms. The van der Waals surface area contributed by atoms with Crippen LogP contribution >= 0.6 is 0 Å². The molecule has 0 saturated carbocycles. The van der Waals surface area contributed by atoms with Gasteiger partial charge in [0.1, 0.15) is 30.0 Å². The molecule has 8 nitrogen and oxygen atoms in total. The van der Waals surface area contributed by atoms with Gasteiger partial charge >= 0.3 is 0 Å². The maximum absolute atomic E-state index is 6.73. The van der Waals surface area contributed by atoms with Crippen LogP contribution < -0.4 is 24.3 Å². The molecular formula is C29H28N4O4. The molecule has 188 valence electrons. The van der Waals surface area contributed by atoms with Gasteiger partial charge in [-0.05, 0) is 55.8 Å². The number of aryl methyl sites for hydroxylation is 1. The summed E-state index contributed by atoms with van der Waals surface area (Å²) in [6.07, 6.45) is 1.17. The summed E-state index contributed by atoms with van der Waals surface area (Å²) >= 11 is 0. The highest BCUT2D eigenvalue weighted by Crippen LogP contribution is 2.51. The van der Waals surface area contributed by atoms with Crippen molar-refractivity contribution in [2.45, 2.75) is 26.0 Å². The van der Waals surface area contributed by atoms with E-state index >= 15 is 0 Å². The van der Waals surface area contributed by atoms with Crippen LogP contribution in [0, 0.1) is 6.92 Å². The van der Waals surface area contributed by atoms with E-state index in [0.29, 0.717) is 24.1 Å². The SMILES string of the molecule is CCOc1ccc([C@H]2C3=C(Nc4ncnn42)c2cc(C)ccc2O[C@H]3c2cccc(OC)c2)cc1OC. The Hall–Kier alpha value is -4.46. The summed E-state index contributed by atoms with van der Waals surface area (Å²) in [5.74, 6) is 3.59. The highest BCUT2D eigenvalue weighted by atomic mass is 16.5. The number of methoxy groups -OCH3 is 2. The van der Waals surface area contributed by atoms with Gasteiger partial charge in [-0.2, -0.15) is 10.1 Å². The van der Waals surface area contributed by atoms with Gasteiger partial charge in [0.2, 0.25) is 5.95 Å². The monoisotopic (exact) mass is 496 g/mol. The van der Waals surface area contributed by atoms with E-state index in [4.69, 9.17) is 18.9 Å². The van der Waals surface area contributed by atoms with Crippen LogP contribution in [0.5, 0.6) is 23.0 Å². The van der Waals surface area contributed by atoms with Gasteiger partial charge in [0.15, 0.2) is 11.5 Å². The first-order valence-corrected chi connectivity index (χ1v) is 12.2. The molecule has 4 aromatic rings. The largest absolute Gasteiger partial charge is 0.497 e. The van der Waals surface area contributed by atoms with E-state index in [0.717, 1.165) is 45.0 Å². The van der Waals surface area contributed by atoms with Crippen LogP contribution in [-0.4, -0.2) is 35.6 Å². The van der Waals surface area contributed by atoms with Crippen molar-refractivity contribution in [1.82, 2.24) is 14.8 Å². The molecule has 6 rings (SSSR count). The maximum Gasteiger partial charge on any atom is 0.226 e. The molecule has 0 amide bonds. The zero-order valence-corrected chi connectivity index (χ0v) is 21.2. The Morgan fingerprint density at radius 3 is 2.68 bits per heavy atom. The number of nitrogens with zero attached hydrogens (tertiary/aromatic N) is 3. The second kappa shape index (κ2) is 9.20. The Bertz CT molecular complexity index is 1510. The smallest absolute Gasteiger partial charge is 0.226 e. The molecule has 3 heterocycles. The molecule has 0 saturated heterocycles. The van der Waals surface area contributed by atoms with Crippen LogP contribution in [0.4, 0.5) is 5.95 Å². The van der Waals surface area contributed by atoms with E-state index < -0.39 is 6.10 Å². The zero-order valence-electron chi connectivity index (χ0n) is 21.2. The third-order valence-corrected chi connectivity index (χ3v) is 6.77. The van der Waals surface area contributed by atoms with Crippen molar-refractivity contribution in [2.75, 3.05) is 26.1 Å². The molecule has 8 heteroatoms. The number of aromatic nitrogens is 3. The first-order valence-electron chi connectivity index (χ1n) is 12.2. The van der Waals surface area contributed by atoms with Crippen LogP contribution in [-0.2, 0) is 0 Å². The summed E-state index contributed by atoms with van der Waals surface area (Å²) in [5, 5.41) is 8.16. The topological polar surface area (TPSA) is 79.7 Å². The molecular weight excluding hydrogens is 468 g/mol. The van der Waals surface area contributed by atoms with Gasteiger partial charge in [-0.1, -0.05) is 29.8 Å². The van der Waals surface area contributed by atoms with E-state index in [1.807, 2.05) is 54.1 Å². The van der Waals surface area contributed by atoms with E-state index in [1.54, 1.807) is 20.5 Å².